The second-order valence-electron chi connectivity index (χ2n) is 3.45. The van der Waals surface area contributed by atoms with Gasteiger partial charge in [0.15, 0.2) is 22.9 Å². The average molecular weight is 231 g/mol. The fourth-order valence-electron chi connectivity index (χ4n) is 1.58. The first kappa shape index (κ1) is 9.71. The molecule has 0 fully saturated rings. The molecular formula is C11H6FN3O2. The van der Waals surface area contributed by atoms with E-state index in [4.69, 9.17) is 4.42 Å². The molecule has 0 aliphatic heterocycles. The van der Waals surface area contributed by atoms with Gasteiger partial charge in [0.1, 0.15) is 0 Å². The molecule has 5 nitrogen and oxygen atoms in total. The topological polar surface area (TPSA) is 71.8 Å². The molecule has 6 heteroatoms. The molecule has 84 valence electrons. The summed E-state index contributed by atoms with van der Waals surface area (Å²) in [5.41, 5.74) is 0.198. The van der Waals surface area contributed by atoms with Crippen LogP contribution in [0.1, 0.15) is 16.2 Å². The molecule has 2 aromatic heterocycles. The molecule has 17 heavy (non-hydrogen) atoms. The van der Waals surface area contributed by atoms with Gasteiger partial charge in [0.25, 0.3) is 0 Å². The summed E-state index contributed by atoms with van der Waals surface area (Å²) >= 11 is 0. The lowest BCUT2D eigenvalue weighted by molar-refractivity contribution is 0.101. The monoisotopic (exact) mass is 231 g/mol. The second kappa shape index (κ2) is 3.51. The van der Waals surface area contributed by atoms with Crippen LogP contribution in [0.25, 0.3) is 11.0 Å². The first-order valence-corrected chi connectivity index (χ1v) is 4.84. The van der Waals surface area contributed by atoms with Crippen LogP contribution in [0.4, 0.5) is 4.39 Å². The zero-order valence-electron chi connectivity index (χ0n) is 8.48. The fourth-order valence-corrected chi connectivity index (χ4v) is 1.58. The normalized spacial score (nSPS) is 10.9. The maximum absolute atomic E-state index is 13.4. The molecule has 0 unspecified atom stereocenters. The number of hydrogen-bond acceptors (Lipinski definition) is 4. The quantitative estimate of drug-likeness (QED) is 0.684. The van der Waals surface area contributed by atoms with Crippen molar-refractivity contribution in [3.05, 3.63) is 47.7 Å². The number of nitrogens with one attached hydrogen (secondary N) is 1. The molecule has 3 aromatic rings. The predicted octanol–water partition coefficient (Wildman–Crippen LogP) is 1.92. The van der Waals surface area contributed by atoms with E-state index in [-0.39, 0.29) is 17.0 Å². The number of carbonyl (C=O) groups excluding carboxylic acids is 1. The Morgan fingerprint density at radius 2 is 2.29 bits per heavy atom. The van der Waals surface area contributed by atoms with E-state index in [0.29, 0.717) is 5.39 Å². The number of aromatic nitrogens is 3. The molecule has 0 saturated heterocycles. The number of aromatic amines is 1. The van der Waals surface area contributed by atoms with Gasteiger partial charge in [-0.2, -0.15) is 15.4 Å². The smallest absolute Gasteiger partial charge is 0.250 e. The van der Waals surface area contributed by atoms with Crippen LogP contribution in [0.15, 0.2) is 34.9 Å². The third kappa shape index (κ3) is 1.50. The van der Waals surface area contributed by atoms with Crippen LogP contribution in [-0.2, 0) is 0 Å². The highest BCUT2D eigenvalue weighted by Crippen LogP contribution is 2.23. The van der Waals surface area contributed by atoms with Crippen LogP contribution >= 0.6 is 0 Å². The number of para-hydroxylation sites is 1. The Kier molecular flexibility index (Phi) is 2.01. The third-order valence-corrected chi connectivity index (χ3v) is 2.37. The van der Waals surface area contributed by atoms with E-state index in [1.807, 2.05) is 0 Å². The van der Waals surface area contributed by atoms with Crippen LogP contribution in [-0.4, -0.2) is 21.2 Å². The molecular weight excluding hydrogens is 225 g/mol. The van der Waals surface area contributed by atoms with E-state index >= 15 is 0 Å². The Hall–Kier alpha value is -2.50. The number of benzene rings is 1. The molecule has 0 amide bonds. The second-order valence-corrected chi connectivity index (χ2v) is 3.45. The molecule has 0 atom stereocenters. The van der Waals surface area contributed by atoms with Crippen molar-refractivity contribution in [1.29, 1.82) is 0 Å². The molecule has 1 N–H and O–H groups in total. The Bertz CT molecular complexity index is 688. The van der Waals surface area contributed by atoms with Gasteiger partial charge < -0.3 is 4.42 Å². The zero-order chi connectivity index (χ0) is 11.8. The molecule has 0 saturated carbocycles. The van der Waals surface area contributed by atoms with Gasteiger partial charge in [-0.1, -0.05) is 12.1 Å². The van der Waals surface area contributed by atoms with Crippen molar-refractivity contribution in [2.75, 3.05) is 0 Å². The first-order valence-electron chi connectivity index (χ1n) is 4.84. The number of nitrogens with zero attached hydrogens (tertiary/aromatic N) is 2. The highest BCUT2D eigenvalue weighted by atomic mass is 19.1. The van der Waals surface area contributed by atoms with E-state index in [9.17, 15) is 9.18 Å². The highest BCUT2D eigenvalue weighted by molar-refractivity contribution is 6.07. The van der Waals surface area contributed by atoms with E-state index in [2.05, 4.69) is 15.4 Å². The number of H-pyrrole nitrogens is 1. The van der Waals surface area contributed by atoms with Crippen molar-refractivity contribution in [3.63, 3.8) is 0 Å². The van der Waals surface area contributed by atoms with E-state index < -0.39 is 11.6 Å². The van der Waals surface area contributed by atoms with Crippen molar-refractivity contribution in [2.45, 2.75) is 0 Å². The Morgan fingerprint density at radius 1 is 1.41 bits per heavy atom. The van der Waals surface area contributed by atoms with Crippen LogP contribution in [0.2, 0.25) is 0 Å². The van der Waals surface area contributed by atoms with Crippen molar-refractivity contribution in [1.82, 2.24) is 15.4 Å². The van der Waals surface area contributed by atoms with E-state index in [1.54, 1.807) is 12.1 Å². The molecule has 1 aromatic carbocycles. The Balaban J connectivity index is 2.13. The van der Waals surface area contributed by atoms with Gasteiger partial charge in [-0.3, -0.25) is 4.79 Å². The van der Waals surface area contributed by atoms with Crippen molar-refractivity contribution >= 4 is 16.8 Å². The van der Waals surface area contributed by atoms with Crippen molar-refractivity contribution in [3.8, 4) is 0 Å². The third-order valence-electron chi connectivity index (χ3n) is 2.37. The maximum atomic E-state index is 13.4. The minimum Gasteiger partial charge on any atom is -0.449 e. The van der Waals surface area contributed by atoms with E-state index in [1.165, 1.54) is 18.3 Å². The molecule has 0 aliphatic carbocycles. The number of halogens is 1. The summed E-state index contributed by atoms with van der Waals surface area (Å²) in [5.74, 6) is -0.893. The predicted molar refractivity (Wildman–Crippen MR) is 56.0 cm³/mol. The lowest BCUT2D eigenvalue weighted by atomic mass is 10.2. The molecule has 0 radical (unpaired) electrons. The van der Waals surface area contributed by atoms with Crippen LogP contribution in [0.3, 0.4) is 0 Å². The minimum absolute atomic E-state index is 0.0407. The molecule has 0 aliphatic rings. The lowest BCUT2D eigenvalue weighted by Gasteiger charge is -1.89. The molecule has 0 spiro atoms. The van der Waals surface area contributed by atoms with Crippen molar-refractivity contribution < 1.29 is 13.6 Å². The van der Waals surface area contributed by atoms with Crippen LogP contribution in [0.5, 0.6) is 0 Å². The summed E-state index contributed by atoms with van der Waals surface area (Å²) in [6, 6.07) is 5.98. The molecule has 0 bridgehead atoms. The van der Waals surface area contributed by atoms with Crippen LogP contribution in [0, 0.1) is 5.82 Å². The van der Waals surface area contributed by atoms with Crippen LogP contribution < -0.4 is 0 Å². The largest absolute Gasteiger partial charge is 0.449 e. The average Bonchev–Trinajstić information content (AvgIpc) is 2.98. The zero-order valence-corrected chi connectivity index (χ0v) is 8.48. The SMILES string of the molecule is O=C(c1cn[nH]n1)c1cc2cccc(F)c2o1. The Labute approximate surface area is 94.2 Å². The summed E-state index contributed by atoms with van der Waals surface area (Å²) in [6.07, 6.45) is 1.28. The summed E-state index contributed by atoms with van der Waals surface area (Å²) in [4.78, 5) is 11.8. The van der Waals surface area contributed by atoms with Gasteiger partial charge >= 0.3 is 0 Å². The lowest BCUT2D eigenvalue weighted by Crippen LogP contribution is -1.99. The molecule has 2 heterocycles. The number of hydrogen-bond donors (Lipinski definition) is 1. The number of fused-ring (bicyclic) bond motifs is 1. The highest BCUT2D eigenvalue weighted by Gasteiger charge is 2.18. The van der Waals surface area contributed by atoms with Gasteiger partial charge in [0.05, 0.1) is 6.20 Å². The maximum Gasteiger partial charge on any atom is 0.250 e. The summed E-state index contributed by atoms with van der Waals surface area (Å²) in [7, 11) is 0. The summed E-state index contributed by atoms with van der Waals surface area (Å²) in [5, 5.41) is 10.0. The number of furan rings is 1. The summed E-state index contributed by atoms with van der Waals surface area (Å²) < 4.78 is 18.5. The number of rotatable bonds is 2. The van der Waals surface area contributed by atoms with Gasteiger partial charge in [-0.05, 0) is 12.1 Å². The standard InChI is InChI=1S/C11H6FN3O2/c12-7-3-1-2-6-4-9(17-11(6)7)10(16)8-5-13-15-14-8/h1-5H,(H,13,14,15). The van der Waals surface area contributed by atoms with Gasteiger partial charge in [-0.25, -0.2) is 4.39 Å². The first-order chi connectivity index (χ1) is 8.25. The molecule has 3 rings (SSSR count). The van der Waals surface area contributed by atoms with E-state index in [0.717, 1.165) is 0 Å². The number of ketones is 1. The van der Waals surface area contributed by atoms with Crippen molar-refractivity contribution in [2.24, 2.45) is 0 Å². The van der Waals surface area contributed by atoms with Gasteiger partial charge in [-0.15, -0.1) is 0 Å². The Morgan fingerprint density at radius 3 is 3.00 bits per heavy atom. The summed E-state index contributed by atoms with van der Waals surface area (Å²) in [6.45, 7) is 0. The fraction of sp³-hybridized carbons (Fsp3) is 0. The minimum atomic E-state index is -0.498. The van der Waals surface area contributed by atoms with Gasteiger partial charge in [0, 0.05) is 5.39 Å². The number of carbonyl (C=O) groups is 1. The van der Waals surface area contributed by atoms with Gasteiger partial charge in [0.2, 0.25) is 5.78 Å².